The molecule has 3 aromatic rings. The lowest BCUT2D eigenvalue weighted by atomic mass is 10.0. The lowest BCUT2D eigenvalue weighted by Gasteiger charge is -2.27. The smallest absolute Gasteiger partial charge is 0.209 e. The Morgan fingerprint density at radius 2 is 2.35 bits per heavy atom. The van der Waals surface area contributed by atoms with Gasteiger partial charge in [0.1, 0.15) is 18.8 Å². The molecule has 3 N–H and O–H groups in total. The molecule has 0 radical (unpaired) electrons. The van der Waals surface area contributed by atoms with Gasteiger partial charge < -0.3 is 20.5 Å². The van der Waals surface area contributed by atoms with E-state index in [0.717, 1.165) is 23.5 Å². The highest BCUT2D eigenvalue weighted by Gasteiger charge is 2.23. The van der Waals surface area contributed by atoms with E-state index in [1.54, 1.807) is 11.5 Å². The van der Waals surface area contributed by atoms with Gasteiger partial charge in [-0.2, -0.15) is 4.98 Å². The van der Waals surface area contributed by atoms with Crippen LogP contribution in [0.2, 0.25) is 0 Å². The average Bonchev–Trinajstić information content (AvgIpc) is 3.03. The molecule has 1 atom stereocenters. The fraction of sp³-hybridized carbons (Fsp3) is 0.267. The van der Waals surface area contributed by atoms with E-state index < -0.39 is 0 Å². The van der Waals surface area contributed by atoms with Gasteiger partial charge in [0.15, 0.2) is 17.1 Å². The summed E-state index contributed by atoms with van der Waals surface area (Å²) in [5.74, 6) is 2.57. The zero-order valence-electron chi connectivity index (χ0n) is 12.6. The van der Waals surface area contributed by atoms with Crippen molar-refractivity contribution in [3.05, 3.63) is 36.2 Å². The maximum atomic E-state index is 5.91. The standard InChI is InChI=1S/C15H16N6O2/c1-22-11-4-2-3-9-5-10(7-23-14(9)11)18-12-6-13-20-17-8-21(13)15(16)19-12/h2-4,6,8,10,18H,5,7H2,1H3,(H2,16,19). The number of fused-ring (bicyclic) bond motifs is 2. The van der Waals surface area contributed by atoms with Crippen molar-refractivity contribution in [1.82, 2.24) is 19.6 Å². The Balaban J connectivity index is 1.57. The van der Waals surface area contributed by atoms with E-state index in [9.17, 15) is 0 Å². The molecule has 0 bridgehead atoms. The number of nitrogens with one attached hydrogen (secondary N) is 1. The first-order valence-corrected chi connectivity index (χ1v) is 7.26. The number of ether oxygens (including phenoxy) is 2. The lowest BCUT2D eigenvalue weighted by Crippen LogP contribution is -2.33. The molecule has 8 nitrogen and oxygen atoms in total. The van der Waals surface area contributed by atoms with Gasteiger partial charge in [0.05, 0.1) is 13.2 Å². The normalized spacial score (nSPS) is 16.7. The molecular formula is C15H16N6O2. The van der Waals surface area contributed by atoms with Gasteiger partial charge in [-0.25, -0.2) is 0 Å². The number of hydrogen-bond acceptors (Lipinski definition) is 7. The van der Waals surface area contributed by atoms with Crippen LogP contribution < -0.4 is 20.5 Å². The van der Waals surface area contributed by atoms with Crippen molar-refractivity contribution in [1.29, 1.82) is 0 Å². The van der Waals surface area contributed by atoms with E-state index in [1.807, 2.05) is 24.3 Å². The molecule has 0 saturated carbocycles. The fourth-order valence-electron chi connectivity index (χ4n) is 2.78. The molecule has 8 heteroatoms. The van der Waals surface area contributed by atoms with Gasteiger partial charge in [0, 0.05) is 11.6 Å². The first-order valence-electron chi connectivity index (χ1n) is 7.26. The zero-order valence-corrected chi connectivity index (χ0v) is 12.6. The highest BCUT2D eigenvalue weighted by molar-refractivity contribution is 5.55. The molecule has 1 unspecified atom stereocenters. The van der Waals surface area contributed by atoms with E-state index in [-0.39, 0.29) is 6.04 Å². The molecule has 0 fully saturated rings. The van der Waals surface area contributed by atoms with Crippen LogP contribution in [0.25, 0.3) is 5.65 Å². The number of hydrogen-bond donors (Lipinski definition) is 2. The molecule has 1 aromatic carbocycles. The van der Waals surface area contributed by atoms with Crippen LogP contribution >= 0.6 is 0 Å². The second kappa shape index (κ2) is 5.31. The van der Waals surface area contributed by atoms with Gasteiger partial charge in [-0.05, 0) is 12.5 Å². The van der Waals surface area contributed by atoms with Gasteiger partial charge in [0.2, 0.25) is 5.95 Å². The van der Waals surface area contributed by atoms with Crippen LogP contribution in [-0.4, -0.2) is 39.3 Å². The maximum Gasteiger partial charge on any atom is 0.209 e. The summed E-state index contributed by atoms with van der Waals surface area (Å²) in [7, 11) is 1.64. The van der Waals surface area contributed by atoms with Crippen molar-refractivity contribution in [3.63, 3.8) is 0 Å². The molecule has 0 amide bonds. The van der Waals surface area contributed by atoms with Crippen LogP contribution in [0.4, 0.5) is 11.8 Å². The van der Waals surface area contributed by atoms with Crippen molar-refractivity contribution in [2.75, 3.05) is 24.8 Å². The fourth-order valence-corrected chi connectivity index (χ4v) is 2.78. The minimum Gasteiger partial charge on any atom is -0.493 e. The van der Waals surface area contributed by atoms with E-state index in [4.69, 9.17) is 15.2 Å². The van der Waals surface area contributed by atoms with E-state index in [1.165, 1.54) is 6.33 Å². The molecule has 0 saturated heterocycles. The van der Waals surface area contributed by atoms with Gasteiger partial charge in [-0.1, -0.05) is 12.1 Å². The molecule has 1 aliphatic rings. The largest absolute Gasteiger partial charge is 0.493 e. The van der Waals surface area contributed by atoms with Crippen LogP contribution in [0.5, 0.6) is 11.5 Å². The number of aromatic nitrogens is 4. The minimum absolute atomic E-state index is 0.0897. The van der Waals surface area contributed by atoms with Crippen LogP contribution in [0.3, 0.4) is 0 Å². The number of rotatable bonds is 3. The second-order valence-electron chi connectivity index (χ2n) is 5.36. The molecule has 118 valence electrons. The number of anilines is 2. The molecular weight excluding hydrogens is 296 g/mol. The zero-order chi connectivity index (χ0) is 15.8. The van der Waals surface area contributed by atoms with E-state index >= 15 is 0 Å². The highest BCUT2D eigenvalue weighted by atomic mass is 16.5. The number of nitrogens with two attached hydrogens (primary N) is 1. The first kappa shape index (κ1) is 13.6. The van der Waals surface area contributed by atoms with Gasteiger partial charge in [-0.3, -0.25) is 4.40 Å². The molecule has 0 spiro atoms. The Labute approximate surface area is 132 Å². The predicted octanol–water partition coefficient (Wildman–Crippen LogP) is 1.13. The van der Waals surface area contributed by atoms with E-state index in [2.05, 4.69) is 20.5 Å². The third-order valence-corrected chi connectivity index (χ3v) is 3.85. The summed E-state index contributed by atoms with van der Waals surface area (Å²) < 4.78 is 12.8. The van der Waals surface area contributed by atoms with Crippen molar-refractivity contribution < 1.29 is 9.47 Å². The van der Waals surface area contributed by atoms with Crippen LogP contribution in [0.1, 0.15) is 5.56 Å². The summed E-state index contributed by atoms with van der Waals surface area (Å²) in [4.78, 5) is 4.33. The Kier molecular flexibility index (Phi) is 3.14. The van der Waals surface area contributed by atoms with E-state index in [0.29, 0.717) is 24.0 Å². The summed E-state index contributed by atoms with van der Waals surface area (Å²) in [6.07, 6.45) is 2.35. The number of methoxy groups -OCH3 is 1. The molecule has 23 heavy (non-hydrogen) atoms. The van der Waals surface area contributed by atoms with Crippen LogP contribution in [0, 0.1) is 0 Å². The third-order valence-electron chi connectivity index (χ3n) is 3.85. The topological polar surface area (TPSA) is 99.6 Å². The molecule has 1 aliphatic heterocycles. The van der Waals surface area contributed by atoms with Gasteiger partial charge >= 0.3 is 0 Å². The SMILES string of the molecule is COc1cccc2c1OCC(Nc1cc3nncn3c(N)n1)C2. The van der Waals surface area contributed by atoms with Crippen LogP contribution in [0.15, 0.2) is 30.6 Å². The Bertz CT molecular complexity index is 862. The van der Waals surface area contributed by atoms with Crippen molar-refractivity contribution in [2.45, 2.75) is 12.5 Å². The second-order valence-corrected chi connectivity index (χ2v) is 5.36. The number of para-hydroxylation sites is 1. The third kappa shape index (κ3) is 2.37. The number of benzene rings is 1. The quantitative estimate of drug-likeness (QED) is 0.748. The molecule has 4 rings (SSSR count). The van der Waals surface area contributed by atoms with Crippen molar-refractivity contribution in [2.24, 2.45) is 0 Å². The number of nitrogens with zero attached hydrogens (tertiary/aromatic N) is 4. The number of nitrogen functional groups attached to an aromatic ring is 1. The van der Waals surface area contributed by atoms with Crippen molar-refractivity contribution >= 4 is 17.4 Å². The average molecular weight is 312 g/mol. The Morgan fingerprint density at radius 1 is 1.43 bits per heavy atom. The summed E-state index contributed by atoms with van der Waals surface area (Å²) >= 11 is 0. The van der Waals surface area contributed by atoms with Gasteiger partial charge in [-0.15, -0.1) is 10.2 Å². The van der Waals surface area contributed by atoms with Crippen LogP contribution in [-0.2, 0) is 6.42 Å². The van der Waals surface area contributed by atoms with Crippen molar-refractivity contribution in [3.8, 4) is 11.5 Å². The predicted molar refractivity (Wildman–Crippen MR) is 84.8 cm³/mol. The monoisotopic (exact) mass is 312 g/mol. The highest BCUT2D eigenvalue weighted by Crippen LogP contribution is 2.35. The Morgan fingerprint density at radius 3 is 3.22 bits per heavy atom. The molecule has 2 aromatic heterocycles. The molecule has 0 aliphatic carbocycles. The molecule has 3 heterocycles. The Hall–Kier alpha value is -3.03. The lowest BCUT2D eigenvalue weighted by molar-refractivity contribution is 0.256. The maximum absolute atomic E-state index is 5.91. The minimum atomic E-state index is 0.0897. The van der Waals surface area contributed by atoms with Gasteiger partial charge in [0.25, 0.3) is 0 Å². The summed E-state index contributed by atoms with van der Waals surface area (Å²) in [5, 5.41) is 11.2. The summed E-state index contributed by atoms with van der Waals surface area (Å²) in [6, 6.07) is 7.79. The first-order chi connectivity index (χ1) is 11.2. The summed E-state index contributed by atoms with van der Waals surface area (Å²) in [5.41, 5.74) is 7.66. The summed E-state index contributed by atoms with van der Waals surface area (Å²) in [6.45, 7) is 0.521.